The van der Waals surface area contributed by atoms with Crippen molar-refractivity contribution < 1.29 is 4.74 Å². The fraction of sp³-hybridized carbons (Fsp3) is 0.500. The zero-order valence-electron chi connectivity index (χ0n) is 14.4. The van der Waals surface area contributed by atoms with E-state index in [9.17, 15) is 0 Å². The summed E-state index contributed by atoms with van der Waals surface area (Å²) in [5.74, 6) is 0.928. The van der Waals surface area contributed by atoms with Crippen LogP contribution in [-0.2, 0) is 6.54 Å². The minimum absolute atomic E-state index is 0. The lowest BCUT2D eigenvalue weighted by Crippen LogP contribution is -2.38. The Labute approximate surface area is 150 Å². The van der Waals surface area contributed by atoms with Crippen LogP contribution in [0.3, 0.4) is 0 Å². The molecule has 0 atom stereocenters. The van der Waals surface area contributed by atoms with Crippen molar-refractivity contribution in [1.82, 2.24) is 10.2 Å². The number of hydrogen-bond donors (Lipinski definition) is 1. The van der Waals surface area contributed by atoms with Crippen LogP contribution in [0.5, 0.6) is 5.75 Å². The van der Waals surface area contributed by atoms with E-state index in [1.54, 1.807) is 7.11 Å². The highest BCUT2D eigenvalue weighted by atomic mass is 35.5. The van der Waals surface area contributed by atoms with Gasteiger partial charge in [0.25, 0.3) is 0 Å². The van der Waals surface area contributed by atoms with Gasteiger partial charge in [-0.2, -0.15) is 0 Å². The van der Waals surface area contributed by atoms with Crippen LogP contribution >= 0.6 is 12.4 Å². The molecule has 0 saturated carbocycles. The summed E-state index contributed by atoms with van der Waals surface area (Å²) >= 11 is 0. The third-order valence-electron chi connectivity index (χ3n) is 5.70. The first-order chi connectivity index (χ1) is 11.3. The molecule has 2 aliphatic rings. The lowest BCUT2D eigenvalue weighted by atomic mass is 9.78. The van der Waals surface area contributed by atoms with Gasteiger partial charge in [-0.05, 0) is 78.8 Å². The number of methoxy groups -OCH3 is 1. The summed E-state index contributed by atoms with van der Waals surface area (Å²) in [5.41, 5.74) is 2.02. The van der Waals surface area contributed by atoms with E-state index in [1.807, 2.05) is 6.07 Å². The van der Waals surface area contributed by atoms with Gasteiger partial charge in [-0.3, -0.25) is 4.90 Å². The van der Waals surface area contributed by atoms with E-state index in [2.05, 4.69) is 40.5 Å². The summed E-state index contributed by atoms with van der Waals surface area (Å²) in [4.78, 5) is 2.65. The molecule has 0 amide bonds. The standard InChI is InChI=1S/C20H26N2O.ClH/c1-23-19-5-4-17-12-16(2-3-18(17)13-19)14-22-11-8-20(15-22)6-9-21-10-7-20;/h2-5,12-13,21H,6-11,14-15H2,1H3;1H. The minimum Gasteiger partial charge on any atom is -0.497 e. The molecular formula is C20H27ClN2O. The smallest absolute Gasteiger partial charge is 0.119 e. The molecule has 2 aromatic rings. The summed E-state index contributed by atoms with van der Waals surface area (Å²) in [6.07, 6.45) is 4.07. The maximum absolute atomic E-state index is 5.31. The second-order valence-corrected chi connectivity index (χ2v) is 7.26. The summed E-state index contributed by atoms with van der Waals surface area (Å²) in [6, 6.07) is 13.2. The first kappa shape index (κ1) is 17.5. The van der Waals surface area contributed by atoms with E-state index in [0.29, 0.717) is 5.41 Å². The van der Waals surface area contributed by atoms with Crippen molar-refractivity contribution in [3.63, 3.8) is 0 Å². The highest BCUT2D eigenvalue weighted by molar-refractivity contribution is 5.85. The number of nitrogens with one attached hydrogen (secondary N) is 1. The van der Waals surface area contributed by atoms with Crippen LogP contribution in [-0.4, -0.2) is 38.2 Å². The van der Waals surface area contributed by atoms with Gasteiger partial charge in [0.05, 0.1) is 7.11 Å². The van der Waals surface area contributed by atoms with Crippen LogP contribution in [0.4, 0.5) is 0 Å². The average molecular weight is 347 g/mol. The molecule has 0 aromatic heterocycles. The topological polar surface area (TPSA) is 24.5 Å². The molecule has 0 bridgehead atoms. The number of hydrogen-bond acceptors (Lipinski definition) is 3. The number of halogens is 1. The van der Waals surface area contributed by atoms with Gasteiger partial charge < -0.3 is 10.1 Å². The molecular weight excluding hydrogens is 320 g/mol. The third kappa shape index (κ3) is 3.53. The number of fused-ring (bicyclic) bond motifs is 1. The molecule has 0 aliphatic carbocycles. The molecule has 4 heteroatoms. The van der Waals surface area contributed by atoms with Crippen molar-refractivity contribution in [2.45, 2.75) is 25.8 Å². The van der Waals surface area contributed by atoms with Crippen molar-refractivity contribution in [3.05, 3.63) is 42.0 Å². The van der Waals surface area contributed by atoms with Gasteiger partial charge >= 0.3 is 0 Å². The Morgan fingerprint density at radius 1 is 1.04 bits per heavy atom. The van der Waals surface area contributed by atoms with Crippen LogP contribution < -0.4 is 10.1 Å². The lowest BCUT2D eigenvalue weighted by Gasteiger charge is -2.34. The molecule has 1 N–H and O–H groups in total. The second-order valence-electron chi connectivity index (χ2n) is 7.26. The quantitative estimate of drug-likeness (QED) is 0.913. The highest BCUT2D eigenvalue weighted by Gasteiger charge is 2.38. The van der Waals surface area contributed by atoms with Crippen LogP contribution in [0.25, 0.3) is 10.8 Å². The predicted octanol–water partition coefficient (Wildman–Crippen LogP) is 3.85. The zero-order valence-corrected chi connectivity index (χ0v) is 15.2. The molecule has 2 aliphatic heterocycles. The SMILES string of the molecule is COc1ccc2cc(CN3CCC4(CCNCC4)C3)ccc2c1.Cl. The van der Waals surface area contributed by atoms with Gasteiger partial charge in [-0.25, -0.2) is 0 Å². The average Bonchev–Trinajstić information content (AvgIpc) is 2.97. The minimum atomic E-state index is 0. The first-order valence-corrected chi connectivity index (χ1v) is 8.76. The molecule has 24 heavy (non-hydrogen) atoms. The Morgan fingerprint density at radius 3 is 2.58 bits per heavy atom. The first-order valence-electron chi connectivity index (χ1n) is 8.76. The number of benzene rings is 2. The van der Waals surface area contributed by atoms with E-state index >= 15 is 0 Å². The third-order valence-corrected chi connectivity index (χ3v) is 5.70. The Hall–Kier alpha value is -1.29. The molecule has 130 valence electrons. The number of likely N-dealkylation sites (tertiary alicyclic amines) is 1. The number of ether oxygens (including phenoxy) is 1. The Bertz CT molecular complexity index is 697. The van der Waals surface area contributed by atoms with Crippen LogP contribution in [0.2, 0.25) is 0 Å². The molecule has 2 heterocycles. The van der Waals surface area contributed by atoms with Gasteiger partial charge in [0.2, 0.25) is 0 Å². The van der Waals surface area contributed by atoms with Crippen molar-refractivity contribution >= 4 is 23.2 Å². The molecule has 3 nitrogen and oxygen atoms in total. The predicted molar refractivity (Wildman–Crippen MR) is 102 cm³/mol. The van der Waals surface area contributed by atoms with E-state index in [1.165, 1.54) is 61.8 Å². The van der Waals surface area contributed by atoms with Crippen molar-refractivity contribution in [2.24, 2.45) is 5.41 Å². The number of piperidine rings is 1. The molecule has 2 fully saturated rings. The molecule has 0 radical (unpaired) electrons. The number of nitrogens with zero attached hydrogens (tertiary/aromatic N) is 1. The molecule has 0 unspecified atom stereocenters. The van der Waals surface area contributed by atoms with Gasteiger partial charge in [-0.15, -0.1) is 12.4 Å². The van der Waals surface area contributed by atoms with E-state index in [0.717, 1.165) is 12.3 Å². The van der Waals surface area contributed by atoms with Crippen LogP contribution in [0.1, 0.15) is 24.8 Å². The Balaban J connectivity index is 0.00000169. The van der Waals surface area contributed by atoms with Crippen molar-refractivity contribution in [3.8, 4) is 5.75 Å². The molecule has 4 rings (SSSR count). The summed E-state index contributed by atoms with van der Waals surface area (Å²) in [5, 5.41) is 6.06. The summed E-state index contributed by atoms with van der Waals surface area (Å²) in [7, 11) is 1.72. The fourth-order valence-corrected chi connectivity index (χ4v) is 4.28. The van der Waals surface area contributed by atoms with Gasteiger partial charge in [0.1, 0.15) is 5.75 Å². The molecule has 2 aromatic carbocycles. The largest absolute Gasteiger partial charge is 0.497 e. The second kappa shape index (κ2) is 7.30. The molecule has 2 saturated heterocycles. The highest BCUT2D eigenvalue weighted by Crippen LogP contribution is 2.39. The zero-order chi connectivity index (χ0) is 15.7. The summed E-state index contributed by atoms with van der Waals surface area (Å²) < 4.78 is 5.31. The van der Waals surface area contributed by atoms with Gasteiger partial charge in [0.15, 0.2) is 0 Å². The Kier molecular flexibility index (Phi) is 5.33. The van der Waals surface area contributed by atoms with Crippen molar-refractivity contribution in [1.29, 1.82) is 0 Å². The monoisotopic (exact) mass is 346 g/mol. The Morgan fingerprint density at radius 2 is 1.79 bits per heavy atom. The van der Waals surface area contributed by atoms with Crippen LogP contribution in [0.15, 0.2) is 36.4 Å². The van der Waals surface area contributed by atoms with E-state index in [-0.39, 0.29) is 12.4 Å². The molecule has 1 spiro atoms. The van der Waals surface area contributed by atoms with E-state index in [4.69, 9.17) is 4.74 Å². The van der Waals surface area contributed by atoms with Crippen molar-refractivity contribution in [2.75, 3.05) is 33.3 Å². The summed E-state index contributed by atoms with van der Waals surface area (Å²) in [6.45, 7) is 6.00. The van der Waals surface area contributed by atoms with Gasteiger partial charge in [-0.1, -0.05) is 18.2 Å². The normalized spacial score (nSPS) is 20.2. The van der Waals surface area contributed by atoms with E-state index < -0.39 is 0 Å². The lowest BCUT2D eigenvalue weighted by molar-refractivity contribution is 0.194. The van der Waals surface area contributed by atoms with Crippen LogP contribution in [0, 0.1) is 5.41 Å². The number of rotatable bonds is 3. The maximum Gasteiger partial charge on any atom is 0.119 e. The van der Waals surface area contributed by atoms with Gasteiger partial charge in [0, 0.05) is 13.1 Å². The fourth-order valence-electron chi connectivity index (χ4n) is 4.28. The maximum atomic E-state index is 5.31.